The van der Waals surface area contributed by atoms with E-state index in [2.05, 4.69) is 48.5 Å². The third kappa shape index (κ3) is 1.63. The lowest BCUT2D eigenvalue weighted by Gasteiger charge is -2.10. The van der Waals surface area contributed by atoms with E-state index in [9.17, 15) is 0 Å². The largest absolute Gasteiger partial charge is 0.468 e. The Labute approximate surface area is 139 Å². The summed E-state index contributed by atoms with van der Waals surface area (Å²) in [6.45, 7) is 0. The van der Waals surface area contributed by atoms with Crippen LogP contribution in [0.25, 0.3) is 0 Å². The zero-order chi connectivity index (χ0) is 15.7. The fourth-order valence-electron chi connectivity index (χ4n) is 4.40. The van der Waals surface area contributed by atoms with Gasteiger partial charge >= 0.3 is 0 Å². The maximum atomic E-state index is 6.10. The van der Waals surface area contributed by atoms with E-state index in [0.717, 1.165) is 12.8 Å². The molecule has 2 aromatic rings. The number of hydrogen-bond donors (Lipinski definition) is 0. The quantitative estimate of drug-likeness (QED) is 0.811. The predicted octanol–water partition coefficient (Wildman–Crippen LogP) is 3.18. The van der Waals surface area contributed by atoms with Crippen LogP contribution < -0.4 is 0 Å². The summed E-state index contributed by atoms with van der Waals surface area (Å²) >= 11 is 0. The van der Waals surface area contributed by atoms with E-state index in [1.54, 1.807) is 0 Å². The van der Waals surface area contributed by atoms with Gasteiger partial charge in [0.1, 0.15) is 24.3 Å². The van der Waals surface area contributed by atoms with Gasteiger partial charge in [0.05, 0.1) is 0 Å². The minimum atomic E-state index is 0.0928. The summed E-state index contributed by atoms with van der Waals surface area (Å²) in [4.78, 5) is 9.59. The molecule has 0 spiro atoms. The standard InChI is InChI=1S/C20H16N2O2/c1-3-7-13-11(5-1)9-15-17(13)21-19(23-15)20-22-18-14-8-4-2-6-12(14)10-16(18)24-20/h1-8,15-18H,9-10H2/t15-,16-,17+,18+/m1/s1. The van der Waals surface area contributed by atoms with Crippen LogP contribution in [-0.4, -0.2) is 24.0 Å². The Bertz CT molecular complexity index is 842. The molecule has 0 amide bonds. The van der Waals surface area contributed by atoms with Crippen LogP contribution >= 0.6 is 0 Å². The van der Waals surface area contributed by atoms with Gasteiger partial charge in [0, 0.05) is 12.8 Å². The highest BCUT2D eigenvalue weighted by Gasteiger charge is 2.45. The van der Waals surface area contributed by atoms with Gasteiger partial charge in [0.15, 0.2) is 0 Å². The van der Waals surface area contributed by atoms with Gasteiger partial charge in [0.25, 0.3) is 11.8 Å². The van der Waals surface area contributed by atoms with E-state index in [1.165, 1.54) is 22.3 Å². The zero-order valence-electron chi connectivity index (χ0n) is 13.1. The molecule has 0 bridgehead atoms. The molecule has 0 unspecified atom stereocenters. The lowest BCUT2D eigenvalue weighted by molar-refractivity contribution is 0.187. The van der Waals surface area contributed by atoms with Crippen LogP contribution in [0.2, 0.25) is 0 Å². The molecule has 0 aromatic heterocycles. The number of hydrogen-bond acceptors (Lipinski definition) is 4. The van der Waals surface area contributed by atoms with Gasteiger partial charge in [-0.15, -0.1) is 0 Å². The molecule has 4 atom stereocenters. The van der Waals surface area contributed by atoms with Crippen molar-refractivity contribution in [2.45, 2.75) is 37.1 Å². The first-order valence-corrected chi connectivity index (χ1v) is 8.52. The smallest absolute Gasteiger partial charge is 0.274 e. The summed E-state index contributed by atoms with van der Waals surface area (Å²) < 4.78 is 12.2. The topological polar surface area (TPSA) is 43.2 Å². The summed E-state index contributed by atoms with van der Waals surface area (Å²) in [5, 5.41) is 0. The Hall–Kier alpha value is -2.62. The van der Waals surface area contributed by atoms with Gasteiger partial charge in [-0.3, -0.25) is 0 Å². The molecular weight excluding hydrogens is 300 g/mol. The lowest BCUT2D eigenvalue weighted by Crippen LogP contribution is -2.22. The van der Waals surface area contributed by atoms with Crippen molar-refractivity contribution in [3.63, 3.8) is 0 Å². The first kappa shape index (κ1) is 12.8. The number of fused-ring (bicyclic) bond motifs is 6. The highest BCUT2D eigenvalue weighted by molar-refractivity contribution is 6.36. The number of rotatable bonds is 1. The maximum Gasteiger partial charge on any atom is 0.274 e. The Morgan fingerprint density at radius 2 is 1.12 bits per heavy atom. The van der Waals surface area contributed by atoms with Crippen LogP contribution in [0.5, 0.6) is 0 Å². The Morgan fingerprint density at radius 1 is 0.667 bits per heavy atom. The third-order valence-electron chi connectivity index (χ3n) is 5.52. The fourth-order valence-corrected chi connectivity index (χ4v) is 4.40. The molecular formula is C20H16N2O2. The van der Waals surface area contributed by atoms with Crippen molar-refractivity contribution >= 4 is 11.8 Å². The average molecular weight is 316 g/mol. The molecule has 0 saturated heterocycles. The van der Waals surface area contributed by atoms with Gasteiger partial charge in [0.2, 0.25) is 0 Å². The minimum Gasteiger partial charge on any atom is -0.468 e. The van der Waals surface area contributed by atoms with Crippen molar-refractivity contribution in [1.82, 2.24) is 0 Å². The van der Waals surface area contributed by atoms with Crippen molar-refractivity contribution in [1.29, 1.82) is 0 Å². The molecule has 6 rings (SSSR count). The number of benzene rings is 2. The summed E-state index contributed by atoms with van der Waals surface area (Å²) in [6.07, 6.45) is 2.01. The summed E-state index contributed by atoms with van der Waals surface area (Å²) in [7, 11) is 0. The van der Waals surface area contributed by atoms with Gasteiger partial charge in [-0.2, -0.15) is 0 Å². The number of aliphatic imine (C=N–C) groups is 2. The summed E-state index contributed by atoms with van der Waals surface area (Å²) in [5.41, 5.74) is 5.24. The first-order valence-electron chi connectivity index (χ1n) is 8.52. The molecule has 4 aliphatic rings. The van der Waals surface area contributed by atoms with E-state index < -0.39 is 0 Å². The van der Waals surface area contributed by atoms with Crippen molar-refractivity contribution in [3.8, 4) is 0 Å². The first-order chi connectivity index (χ1) is 11.9. The van der Waals surface area contributed by atoms with Crippen LogP contribution in [0.3, 0.4) is 0 Å². The second-order valence-electron chi connectivity index (χ2n) is 6.88. The molecule has 0 fully saturated rings. The van der Waals surface area contributed by atoms with E-state index in [-0.39, 0.29) is 24.3 Å². The van der Waals surface area contributed by atoms with Crippen molar-refractivity contribution < 1.29 is 9.47 Å². The Morgan fingerprint density at radius 3 is 1.62 bits per heavy atom. The minimum absolute atomic E-state index is 0.0928. The van der Waals surface area contributed by atoms with E-state index in [4.69, 9.17) is 19.5 Å². The third-order valence-corrected chi connectivity index (χ3v) is 5.52. The van der Waals surface area contributed by atoms with Gasteiger partial charge in [-0.05, 0) is 22.3 Å². The molecule has 0 N–H and O–H groups in total. The second-order valence-corrected chi connectivity index (χ2v) is 6.88. The highest BCUT2D eigenvalue weighted by atomic mass is 16.6. The number of nitrogens with zero attached hydrogens (tertiary/aromatic N) is 2. The molecule has 118 valence electrons. The van der Waals surface area contributed by atoms with Crippen LogP contribution in [0.4, 0.5) is 0 Å². The summed E-state index contributed by atoms with van der Waals surface area (Å²) in [6, 6.07) is 17.1. The molecule has 4 heteroatoms. The van der Waals surface area contributed by atoms with E-state index >= 15 is 0 Å². The van der Waals surface area contributed by atoms with Crippen molar-refractivity contribution in [3.05, 3.63) is 70.8 Å². The Balaban J connectivity index is 1.34. The van der Waals surface area contributed by atoms with Gasteiger partial charge in [-0.1, -0.05) is 48.5 Å². The van der Waals surface area contributed by atoms with Crippen LogP contribution in [-0.2, 0) is 22.3 Å². The molecule has 4 nitrogen and oxygen atoms in total. The number of ether oxygens (including phenoxy) is 2. The molecule has 24 heavy (non-hydrogen) atoms. The zero-order valence-corrected chi connectivity index (χ0v) is 13.1. The monoisotopic (exact) mass is 316 g/mol. The molecule has 2 heterocycles. The van der Waals surface area contributed by atoms with Crippen LogP contribution in [0, 0.1) is 0 Å². The van der Waals surface area contributed by atoms with Crippen molar-refractivity contribution in [2.24, 2.45) is 9.98 Å². The molecule has 0 radical (unpaired) electrons. The van der Waals surface area contributed by atoms with Crippen LogP contribution in [0.15, 0.2) is 58.5 Å². The normalized spacial score (nSPS) is 31.3. The van der Waals surface area contributed by atoms with E-state index in [1.807, 2.05) is 0 Å². The molecule has 0 saturated carbocycles. The lowest BCUT2D eigenvalue weighted by atomic mass is 10.1. The maximum absolute atomic E-state index is 6.10. The fraction of sp³-hybridized carbons (Fsp3) is 0.300. The second kappa shape index (κ2) is 4.47. The SMILES string of the molecule is c1ccc2c(c1)C[C@H]1OC(C3=N[C@H]4c5ccccc5C[C@H]4O3)=N[C@@H]21. The molecule has 2 aliphatic carbocycles. The Kier molecular flexibility index (Phi) is 2.38. The van der Waals surface area contributed by atoms with E-state index in [0.29, 0.717) is 11.8 Å². The van der Waals surface area contributed by atoms with Crippen molar-refractivity contribution in [2.75, 3.05) is 0 Å². The van der Waals surface area contributed by atoms with Gasteiger partial charge < -0.3 is 9.47 Å². The van der Waals surface area contributed by atoms with Crippen LogP contribution in [0.1, 0.15) is 34.3 Å². The molecule has 2 aromatic carbocycles. The van der Waals surface area contributed by atoms with Gasteiger partial charge in [-0.25, -0.2) is 9.98 Å². The average Bonchev–Trinajstić information content (AvgIpc) is 3.31. The highest BCUT2D eigenvalue weighted by Crippen LogP contribution is 2.43. The summed E-state index contributed by atoms with van der Waals surface area (Å²) in [5.74, 6) is 1.18. The molecule has 2 aliphatic heterocycles. The predicted molar refractivity (Wildman–Crippen MR) is 90.4 cm³/mol.